The summed E-state index contributed by atoms with van der Waals surface area (Å²) in [4.78, 5) is 0. The quantitative estimate of drug-likeness (QED) is 0.816. The lowest BCUT2D eigenvalue weighted by molar-refractivity contribution is 0.807. The standard InChI is InChI=1S/C13H13BrN2/c1-9-8-11(4-5-12(9)14)16-13(6-7-15-16)10-2-3-10/h4-8,10H,2-3H2,1H3. The van der Waals surface area contributed by atoms with Gasteiger partial charge in [0.25, 0.3) is 0 Å². The summed E-state index contributed by atoms with van der Waals surface area (Å²) in [6.45, 7) is 2.11. The third-order valence-electron chi connectivity index (χ3n) is 3.05. The monoisotopic (exact) mass is 276 g/mol. The molecule has 1 aromatic carbocycles. The molecule has 0 radical (unpaired) electrons. The Morgan fingerprint density at radius 3 is 2.81 bits per heavy atom. The molecule has 1 aromatic heterocycles. The zero-order chi connectivity index (χ0) is 11.1. The second kappa shape index (κ2) is 3.74. The first-order valence-corrected chi connectivity index (χ1v) is 6.35. The summed E-state index contributed by atoms with van der Waals surface area (Å²) < 4.78 is 3.22. The number of halogens is 1. The Kier molecular flexibility index (Phi) is 2.36. The molecule has 2 nitrogen and oxygen atoms in total. The number of aryl methyl sites for hydroxylation is 1. The normalized spacial score (nSPS) is 15.4. The highest BCUT2D eigenvalue weighted by atomic mass is 79.9. The van der Waals surface area contributed by atoms with Crippen LogP contribution in [0.4, 0.5) is 0 Å². The largest absolute Gasteiger partial charge is 0.238 e. The molecule has 0 aliphatic heterocycles. The fourth-order valence-corrected chi connectivity index (χ4v) is 2.22. The summed E-state index contributed by atoms with van der Waals surface area (Å²) in [5, 5.41) is 4.42. The summed E-state index contributed by atoms with van der Waals surface area (Å²) in [5.41, 5.74) is 3.75. The van der Waals surface area contributed by atoms with Gasteiger partial charge in [0.2, 0.25) is 0 Å². The van der Waals surface area contributed by atoms with Crippen molar-refractivity contribution < 1.29 is 0 Å². The van der Waals surface area contributed by atoms with E-state index in [4.69, 9.17) is 0 Å². The second-order valence-electron chi connectivity index (χ2n) is 4.38. The number of hydrogen-bond donors (Lipinski definition) is 0. The van der Waals surface area contributed by atoms with E-state index in [0.29, 0.717) is 0 Å². The molecule has 2 aromatic rings. The fraction of sp³-hybridized carbons (Fsp3) is 0.308. The molecule has 0 N–H and O–H groups in total. The van der Waals surface area contributed by atoms with Gasteiger partial charge in [-0.3, -0.25) is 0 Å². The van der Waals surface area contributed by atoms with Crippen LogP contribution >= 0.6 is 15.9 Å². The number of rotatable bonds is 2. The van der Waals surface area contributed by atoms with Crippen molar-refractivity contribution >= 4 is 15.9 Å². The van der Waals surface area contributed by atoms with Crippen molar-refractivity contribution in [2.24, 2.45) is 0 Å². The molecule has 0 atom stereocenters. The average molecular weight is 277 g/mol. The van der Waals surface area contributed by atoms with Gasteiger partial charge in [0, 0.05) is 22.3 Å². The van der Waals surface area contributed by atoms with Crippen molar-refractivity contribution in [1.82, 2.24) is 9.78 Å². The minimum atomic E-state index is 0.728. The molecule has 82 valence electrons. The van der Waals surface area contributed by atoms with E-state index in [0.717, 1.165) is 16.1 Å². The Morgan fingerprint density at radius 2 is 2.12 bits per heavy atom. The van der Waals surface area contributed by atoms with E-state index in [2.05, 4.69) is 56.9 Å². The predicted molar refractivity (Wildman–Crippen MR) is 68.0 cm³/mol. The Hall–Kier alpha value is -1.09. The summed E-state index contributed by atoms with van der Waals surface area (Å²) in [6.07, 6.45) is 4.51. The first kappa shape index (κ1) is 10.1. The number of hydrogen-bond acceptors (Lipinski definition) is 1. The fourth-order valence-electron chi connectivity index (χ4n) is 1.98. The predicted octanol–water partition coefficient (Wildman–Crippen LogP) is 3.82. The van der Waals surface area contributed by atoms with Gasteiger partial charge in [-0.1, -0.05) is 15.9 Å². The number of benzene rings is 1. The van der Waals surface area contributed by atoms with Gasteiger partial charge in [-0.05, 0) is 49.6 Å². The smallest absolute Gasteiger partial charge is 0.0652 e. The van der Waals surface area contributed by atoms with E-state index in [-0.39, 0.29) is 0 Å². The first-order chi connectivity index (χ1) is 7.75. The molecule has 0 unspecified atom stereocenters. The zero-order valence-electron chi connectivity index (χ0n) is 9.15. The summed E-state index contributed by atoms with van der Waals surface area (Å²) in [6, 6.07) is 8.50. The van der Waals surface area contributed by atoms with Crippen LogP contribution in [0, 0.1) is 6.92 Å². The third-order valence-corrected chi connectivity index (χ3v) is 3.94. The van der Waals surface area contributed by atoms with Gasteiger partial charge >= 0.3 is 0 Å². The van der Waals surface area contributed by atoms with E-state index in [1.807, 2.05) is 6.20 Å². The van der Waals surface area contributed by atoms with Crippen LogP contribution in [0.1, 0.15) is 30.0 Å². The van der Waals surface area contributed by atoms with Crippen molar-refractivity contribution in [2.75, 3.05) is 0 Å². The van der Waals surface area contributed by atoms with Gasteiger partial charge in [-0.25, -0.2) is 4.68 Å². The lowest BCUT2D eigenvalue weighted by atomic mass is 10.2. The van der Waals surface area contributed by atoms with Crippen molar-refractivity contribution in [3.8, 4) is 5.69 Å². The molecular formula is C13H13BrN2. The van der Waals surface area contributed by atoms with Crippen LogP contribution in [0.15, 0.2) is 34.9 Å². The lowest BCUT2D eigenvalue weighted by Gasteiger charge is -2.08. The van der Waals surface area contributed by atoms with E-state index >= 15 is 0 Å². The molecule has 1 fully saturated rings. The Bertz CT molecular complexity index is 526. The van der Waals surface area contributed by atoms with Gasteiger partial charge in [0.15, 0.2) is 0 Å². The topological polar surface area (TPSA) is 17.8 Å². The first-order valence-electron chi connectivity index (χ1n) is 5.56. The highest BCUT2D eigenvalue weighted by Crippen LogP contribution is 2.40. The zero-order valence-corrected chi connectivity index (χ0v) is 10.7. The van der Waals surface area contributed by atoms with Crippen molar-refractivity contribution in [1.29, 1.82) is 0 Å². The maximum Gasteiger partial charge on any atom is 0.0652 e. The van der Waals surface area contributed by atoms with E-state index < -0.39 is 0 Å². The Morgan fingerprint density at radius 1 is 1.31 bits per heavy atom. The van der Waals surface area contributed by atoms with Gasteiger partial charge in [-0.15, -0.1) is 0 Å². The third kappa shape index (κ3) is 1.69. The van der Waals surface area contributed by atoms with Crippen LogP contribution in [-0.2, 0) is 0 Å². The summed E-state index contributed by atoms with van der Waals surface area (Å²) in [5.74, 6) is 0.728. The molecule has 0 bridgehead atoms. The van der Waals surface area contributed by atoms with E-state index in [1.165, 1.54) is 24.1 Å². The maximum atomic E-state index is 4.42. The van der Waals surface area contributed by atoms with Crippen LogP contribution in [0.5, 0.6) is 0 Å². The van der Waals surface area contributed by atoms with E-state index in [1.54, 1.807) is 0 Å². The average Bonchev–Trinajstić information content (AvgIpc) is 3.01. The van der Waals surface area contributed by atoms with Crippen LogP contribution in [0.3, 0.4) is 0 Å². The molecule has 0 spiro atoms. The number of aromatic nitrogens is 2. The Labute approximate surface area is 103 Å². The van der Waals surface area contributed by atoms with Crippen molar-refractivity contribution in [3.63, 3.8) is 0 Å². The van der Waals surface area contributed by atoms with Crippen LogP contribution in [-0.4, -0.2) is 9.78 Å². The van der Waals surface area contributed by atoms with E-state index in [9.17, 15) is 0 Å². The molecule has 3 rings (SSSR count). The van der Waals surface area contributed by atoms with Gasteiger partial charge in [0.05, 0.1) is 5.69 Å². The van der Waals surface area contributed by atoms with Crippen LogP contribution in [0.2, 0.25) is 0 Å². The molecule has 1 aliphatic carbocycles. The molecule has 1 heterocycles. The number of nitrogens with zero attached hydrogens (tertiary/aromatic N) is 2. The minimum Gasteiger partial charge on any atom is -0.238 e. The van der Waals surface area contributed by atoms with Gasteiger partial charge < -0.3 is 0 Å². The molecule has 1 aliphatic rings. The molecule has 3 heteroatoms. The Balaban J connectivity index is 2.07. The molecule has 0 saturated heterocycles. The molecule has 1 saturated carbocycles. The van der Waals surface area contributed by atoms with Crippen molar-refractivity contribution in [2.45, 2.75) is 25.7 Å². The van der Waals surface area contributed by atoms with Crippen LogP contribution < -0.4 is 0 Å². The second-order valence-corrected chi connectivity index (χ2v) is 5.23. The van der Waals surface area contributed by atoms with Gasteiger partial charge in [0.1, 0.15) is 0 Å². The molecule has 0 amide bonds. The van der Waals surface area contributed by atoms with Gasteiger partial charge in [-0.2, -0.15) is 5.10 Å². The summed E-state index contributed by atoms with van der Waals surface area (Å²) in [7, 11) is 0. The molecule has 16 heavy (non-hydrogen) atoms. The molecular weight excluding hydrogens is 264 g/mol. The van der Waals surface area contributed by atoms with Crippen molar-refractivity contribution in [3.05, 3.63) is 46.2 Å². The minimum absolute atomic E-state index is 0.728. The maximum absolute atomic E-state index is 4.42. The lowest BCUT2D eigenvalue weighted by Crippen LogP contribution is -2.01. The van der Waals surface area contributed by atoms with Crippen LogP contribution in [0.25, 0.3) is 5.69 Å². The SMILES string of the molecule is Cc1cc(-n2nccc2C2CC2)ccc1Br. The highest BCUT2D eigenvalue weighted by molar-refractivity contribution is 9.10. The summed E-state index contributed by atoms with van der Waals surface area (Å²) >= 11 is 3.52. The highest BCUT2D eigenvalue weighted by Gasteiger charge is 2.27.